The molecule has 2 aliphatic rings. The van der Waals surface area contributed by atoms with Crippen LogP contribution in [0.2, 0.25) is 0 Å². The highest BCUT2D eigenvalue weighted by molar-refractivity contribution is 7.99. The zero-order valence-corrected chi connectivity index (χ0v) is 20.0. The van der Waals surface area contributed by atoms with Gasteiger partial charge in [-0.25, -0.2) is 0 Å². The molecule has 2 fully saturated rings. The van der Waals surface area contributed by atoms with Gasteiger partial charge in [0.15, 0.2) is 0 Å². The van der Waals surface area contributed by atoms with E-state index in [-0.39, 0.29) is 23.6 Å². The lowest BCUT2D eigenvalue weighted by atomic mass is 9.94. The van der Waals surface area contributed by atoms with Crippen molar-refractivity contribution in [3.63, 3.8) is 0 Å². The number of thioether (sulfide) groups is 1. The Hall–Kier alpha value is -3.26. The van der Waals surface area contributed by atoms with E-state index in [1.165, 1.54) is 0 Å². The Labute approximate surface area is 204 Å². The fourth-order valence-corrected chi connectivity index (χ4v) is 5.36. The van der Waals surface area contributed by atoms with Gasteiger partial charge in [-0.1, -0.05) is 30.3 Å². The van der Waals surface area contributed by atoms with Gasteiger partial charge in [0, 0.05) is 36.5 Å². The van der Waals surface area contributed by atoms with Gasteiger partial charge in [-0.2, -0.15) is 0 Å². The SMILES string of the molecule is COc1ccc(NC(=O)C2CSCN2C(=O)C2CCN(C(=O)/C=C/c3ccccc3)CC2)cc1. The quantitative estimate of drug-likeness (QED) is 0.642. The fraction of sp³-hybridized carbons (Fsp3) is 0.346. The number of nitrogens with one attached hydrogen (secondary N) is 1. The summed E-state index contributed by atoms with van der Waals surface area (Å²) in [7, 11) is 1.59. The molecule has 1 N–H and O–H groups in total. The van der Waals surface area contributed by atoms with Crippen molar-refractivity contribution in [2.24, 2.45) is 5.92 Å². The van der Waals surface area contributed by atoms with Crippen molar-refractivity contribution in [1.82, 2.24) is 9.80 Å². The molecule has 4 rings (SSSR count). The number of hydrogen-bond acceptors (Lipinski definition) is 5. The average Bonchev–Trinajstić information content (AvgIpc) is 3.38. The number of methoxy groups -OCH3 is 1. The van der Waals surface area contributed by atoms with E-state index >= 15 is 0 Å². The number of nitrogens with zero attached hydrogens (tertiary/aromatic N) is 2. The molecule has 0 radical (unpaired) electrons. The molecule has 2 aliphatic heterocycles. The molecule has 2 aromatic rings. The smallest absolute Gasteiger partial charge is 0.248 e. The van der Waals surface area contributed by atoms with Crippen LogP contribution in [0.1, 0.15) is 18.4 Å². The Morgan fingerprint density at radius 2 is 1.74 bits per heavy atom. The van der Waals surface area contributed by atoms with Crippen molar-refractivity contribution in [2.75, 3.05) is 37.1 Å². The molecule has 3 amide bonds. The van der Waals surface area contributed by atoms with Gasteiger partial charge in [0.2, 0.25) is 17.7 Å². The molecule has 0 bridgehead atoms. The Balaban J connectivity index is 1.29. The third-order valence-corrected chi connectivity index (χ3v) is 7.21. The molecule has 0 aromatic heterocycles. The van der Waals surface area contributed by atoms with Crippen LogP contribution >= 0.6 is 11.8 Å². The van der Waals surface area contributed by atoms with Gasteiger partial charge in [-0.15, -0.1) is 11.8 Å². The Bertz CT molecular complexity index is 1030. The van der Waals surface area contributed by atoms with Gasteiger partial charge in [0.25, 0.3) is 0 Å². The van der Waals surface area contributed by atoms with Crippen molar-refractivity contribution in [3.8, 4) is 5.75 Å². The molecule has 8 heteroatoms. The number of piperidine rings is 1. The van der Waals surface area contributed by atoms with Gasteiger partial charge in [-0.05, 0) is 48.7 Å². The standard InChI is InChI=1S/C26H29N3O4S/c1-33-22-10-8-21(9-11-22)27-25(31)23-17-34-18-29(23)26(32)20-13-15-28(16-14-20)24(30)12-7-19-5-3-2-4-6-19/h2-12,20,23H,13-18H2,1H3,(H,27,31)/b12-7+. The molecule has 2 aromatic carbocycles. The predicted molar refractivity (Wildman–Crippen MR) is 134 cm³/mol. The Morgan fingerprint density at radius 1 is 1.03 bits per heavy atom. The first-order valence-electron chi connectivity index (χ1n) is 11.4. The summed E-state index contributed by atoms with van der Waals surface area (Å²) in [4.78, 5) is 42.1. The zero-order valence-electron chi connectivity index (χ0n) is 19.2. The summed E-state index contributed by atoms with van der Waals surface area (Å²) < 4.78 is 5.15. The number of hydrogen-bond donors (Lipinski definition) is 1. The number of rotatable bonds is 6. The largest absolute Gasteiger partial charge is 0.497 e. The normalized spacial score (nSPS) is 18.8. The number of likely N-dealkylation sites (tertiary alicyclic amines) is 1. The minimum Gasteiger partial charge on any atom is -0.497 e. The molecule has 0 aliphatic carbocycles. The van der Waals surface area contributed by atoms with Crippen molar-refractivity contribution in [2.45, 2.75) is 18.9 Å². The van der Waals surface area contributed by atoms with E-state index in [2.05, 4.69) is 5.32 Å². The van der Waals surface area contributed by atoms with Crippen LogP contribution in [0, 0.1) is 5.92 Å². The molecule has 2 saturated heterocycles. The summed E-state index contributed by atoms with van der Waals surface area (Å²) in [6.07, 6.45) is 4.62. The highest BCUT2D eigenvalue weighted by atomic mass is 32.2. The molecule has 178 valence electrons. The maximum Gasteiger partial charge on any atom is 0.248 e. The van der Waals surface area contributed by atoms with Crippen molar-refractivity contribution < 1.29 is 19.1 Å². The van der Waals surface area contributed by atoms with Gasteiger partial charge >= 0.3 is 0 Å². The topological polar surface area (TPSA) is 79.0 Å². The van der Waals surface area contributed by atoms with Crippen LogP contribution in [0.4, 0.5) is 5.69 Å². The third kappa shape index (κ3) is 5.80. The lowest BCUT2D eigenvalue weighted by Gasteiger charge is -2.34. The molecule has 1 atom stereocenters. The highest BCUT2D eigenvalue weighted by Gasteiger charge is 2.38. The van der Waals surface area contributed by atoms with E-state index in [0.29, 0.717) is 49.0 Å². The maximum absolute atomic E-state index is 13.2. The molecular weight excluding hydrogens is 450 g/mol. The first-order valence-corrected chi connectivity index (χ1v) is 12.6. The summed E-state index contributed by atoms with van der Waals surface area (Å²) >= 11 is 1.59. The molecule has 1 unspecified atom stereocenters. The second kappa shape index (κ2) is 11.2. The predicted octanol–water partition coefficient (Wildman–Crippen LogP) is 3.49. The maximum atomic E-state index is 13.2. The molecule has 2 heterocycles. The van der Waals surface area contributed by atoms with Gasteiger partial charge in [0.1, 0.15) is 11.8 Å². The Morgan fingerprint density at radius 3 is 2.41 bits per heavy atom. The lowest BCUT2D eigenvalue weighted by molar-refractivity contribution is -0.142. The molecule has 7 nitrogen and oxygen atoms in total. The van der Waals surface area contributed by atoms with E-state index in [9.17, 15) is 14.4 Å². The van der Waals surface area contributed by atoms with Crippen LogP contribution < -0.4 is 10.1 Å². The number of ether oxygens (including phenoxy) is 1. The van der Waals surface area contributed by atoms with Crippen molar-refractivity contribution in [1.29, 1.82) is 0 Å². The van der Waals surface area contributed by atoms with Crippen LogP contribution in [0.3, 0.4) is 0 Å². The second-order valence-corrected chi connectivity index (χ2v) is 9.38. The van der Waals surface area contributed by atoms with Crippen LogP contribution in [-0.2, 0) is 14.4 Å². The monoisotopic (exact) mass is 479 g/mol. The number of benzene rings is 2. The van der Waals surface area contributed by atoms with Crippen LogP contribution in [0.25, 0.3) is 6.08 Å². The molecule has 34 heavy (non-hydrogen) atoms. The first kappa shape index (κ1) is 23.9. The molecular formula is C26H29N3O4S. The fourth-order valence-electron chi connectivity index (χ4n) is 4.20. The number of carbonyl (C=O) groups is 3. The van der Waals surface area contributed by atoms with Crippen LogP contribution in [-0.4, -0.2) is 65.4 Å². The van der Waals surface area contributed by atoms with Gasteiger partial charge in [-0.3, -0.25) is 14.4 Å². The van der Waals surface area contributed by atoms with E-state index in [0.717, 1.165) is 5.56 Å². The zero-order chi connectivity index (χ0) is 23.9. The number of anilines is 1. The van der Waals surface area contributed by atoms with E-state index in [1.54, 1.807) is 59.0 Å². The highest BCUT2D eigenvalue weighted by Crippen LogP contribution is 2.28. The summed E-state index contributed by atoms with van der Waals surface area (Å²) in [6.45, 7) is 1.08. The van der Waals surface area contributed by atoms with E-state index in [4.69, 9.17) is 4.74 Å². The minimum atomic E-state index is -0.493. The van der Waals surface area contributed by atoms with Crippen molar-refractivity contribution >= 4 is 41.2 Å². The van der Waals surface area contributed by atoms with Crippen molar-refractivity contribution in [3.05, 3.63) is 66.2 Å². The summed E-state index contributed by atoms with van der Waals surface area (Å²) in [6, 6.07) is 16.3. The molecule has 0 saturated carbocycles. The second-order valence-electron chi connectivity index (χ2n) is 8.39. The van der Waals surface area contributed by atoms with E-state index in [1.807, 2.05) is 36.4 Å². The summed E-state index contributed by atoms with van der Waals surface area (Å²) in [5, 5.41) is 2.91. The summed E-state index contributed by atoms with van der Waals surface area (Å²) in [5.41, 5.74) is 1.65. The van der Waals surface area contributed by atoms with Gasteiger partial charge in [0.05, 0.1) is 13.0 Å². The lowest BCUT2D eigenvalue weighted by Crippen LogP contribution is -2.49. The third-order valence-electron chi connectivity index (χ3n) is 6.20. The van der Waals surface area contributed by atoms with Crippen LogP contribution in [0.15, 0.2) is 60.7 Å². The molecule has 0 spiro atoms. The number of amides is 3. The summed E-state index contributed by atoms with van der Waals surface area (Å²) in [5.74, 6) is 1.43. The number of carbonyl (C=O) groups excluding carboxylic acids is 3. The average molecular weight is 480 g/mol. The first-order chi connectivity index (χ1) is 16.5. The Kier molecular flexibility index (Phi) is 7.90. The van der Waals surface area contributed by atoms with E-state index < -0.39 is 6.04 Å². The minimum absolute atomic E-state index is 0.00630. The van der Waals surface area contributed by atoms with Gasteiger partial charge < -0.3 is 19.9 Å². The van der Waals surface area contributed by atoms with Crippen LogP contribution in [0.5, 0.6) is 5.75 Å².